The first kappa shape index (κ1) is 16.7. The molecule has 2 unspecified atom stereocenters. The molecule has 8 heteroatoms. The van der Waals surface area contributed by atoms with Gasteiger partial charge in [0.25, 0.3) is 0 Å². The van der Waals surface area contributed by atoms with Gasteiger partial charge in [-0.2, -0.15) is 4.31 Å². The molecule has 23 heavy (non-hydrogen) atoms. The molecule has 1 aromatic rings. The number of carbonyl (C=O) groups excluding carboxylic acids is 1. The molecule has 0 aromatic heterocycles. The fourth-order valence-electron chi connectivity index (χ4n) is 3.18. The fourth-order valence-corrected chi connectivity index (χ4v) is 5.41. The average Bonchev–Trinajstić information content (AvgIpc) is 2.97. The van der Waals surface area contributed by atoms with Crippen LogP contribution in [0.2, 0.25) is 0 Å². The molecule has 2 heterocycles. The van der Waals surface area contributed by atoms with E-state index in [2.05, 4.69) is 5.32 Å². The third-order valence-electron chi connectivity index (χ3n) is 4.26. The van der Waals surface area contributed by atoms with E-state index in [0.717, 1.165) is 22.5 Å². The van der Waals surface area contributed by atoms with Gasteiger partial charge in [-0.1, -0.05) is 0 Å². The minimum atomic E-state index is -3.40. The molecular weight excluding hydrogens is 339 g/mol. The molecule has 0 radical (unpaired) electrons. The Morgan fingerprint density at radius 2 is 2.17 bits per heavy atom. The van der Waals surface area contributed by atoms with Crippen molar-refractivity contribution in [1.82, 2.24) is 9.62 Å². The second-order valence-corrected chi connectivity index (χ2v) is 8.98. The zero-order valence-electron chi connectivity index (χ0n) is 12.8. The van der Waals surface area contributed by atoms with Gasteiger partial charge in [-0.15, -0.1) is 11.8 Å². The first-order valence-electron chi connectivity index (χ1n) is 7.56. The molecule has 126 valence electrons. The van der Waals surface area contributed by atoms with Crippen molar-refractivity contribution in [1.29, 1.82) is 0 Å². The summed E-state index contributed by atoms with van der Waals surface area (Å²) in [5.74, 6) is 0.216. The molecule has 1 N–H and O–H groups in total. The van der Waals surface area contributed by atoms with Crippen LogP contribution >= 0.6 is 11.8 Å². The van der Waals surface area contributed by atoms with Gasteiger partial charge >= 0.3 is 0 Å². The van der Waals surface area contributed by atoms with Crippen molar-refractivity contribution in [3.63, 3.8) is 0 Å². The quantitative estimate of drug-likeness (QED) is 0.896. The summed E-state index contributed by atoms with van der Waals surface area (Å²) in [6, 6.07) is 3.67. The SMILES string of the molecule is CS(=O)(=O)N1CCCC1C(=O)NC1CCSc2ccc(F)cc21. The molecule has 1 aromatic carbocycles. The largest absolute Gasteiger partial charge is 0.348 e. The van der Waals surface area contributed by atoms with Gasteiger partial charge in [0, 0.05) is 17.2 Å². The van der Waals surface area contributed by atoms with Crippen LogP contribution in [0, 0.1) is 5.82 Å². The van der Waals surface area contributed by atoms with Gasteiger partial charge in [0.2, 0.25) is 15.9 Å². The predicted molar refractivity (Wildman–Crippen MR) is 87.2 cm³/mol. The molecule has 0 spiro atoms. The molecule has 0 bridgehead atoms. The van der Waals surface area contributed by atoms with Crippen molar-refractivity contribution in [2.75, 3.05) is 18.6 Å². The van der Waals surface area contributed by atoms with Gasteiger partial charge < -0.3 is 5.32 Å². The highest BCUT2D eigenvalue weighted by atomic mass is 32.2. The van der Waals surface area contributed by atoms with Crippen molar-refractivity contribution >= 4 is 27.7 Å². The lowest BCUT2D eigenvalue weighted by Gasteiger charge is -2.28. The number of sulfonamides is 1. The van der Waals surface area contributed by atoms with Crippen molar-refractivity contribution in [3.05, 3.63) is 29.6 Å². The van der Waals surface area contributed by atoms with E-state index in [9.17, 15) is 17.6 Å². The molecule has 0 aliphatic carbocycles. The van der Waals surface area contributed by atoms with Crippen LogP contribution in [0.3, 0.4) is 0 Å². The summed E-state index contributed by atoms with van der Waals surface area (Å²) in [6.07, 6.45) is 3.03. The van der Waals surface area contributed by atoms with Gasteiger partial charge in [0.05, 0.1) is 12.3 Å². The van der Waals surface area contributed by atoms with E-state index >= 15 is 0 Å². The molecule has 2 aliphatic heterocycles. The molecule has 1 amide bonds. The van der Waals surface area contributed by atoms with Crippen molar-refractivity contribution in [2.45, 2.75) is 36.2 Å². The molecule has 0 saturated carbocycles. The number of nitrogens with zero attached hydrogens (tertiary/aromatic N) is 1. The Bertz CT molecular complexity index is 723. The van der Waals surface area contributed by atoms with E-state index in [1.165, 1.54) is 16.4 Å². The third kappa shape index (κ3) is 3.54. The van der Waals surface area contributed by atoms with E-state index in [-0.39, 0.29) is 17.8 Å². The van der Waals surface area contributed by atoms with Crippen LogP contribution in [0.5, 0.6) is 0 Å². The molecule has 2 aliphatic rings. The molecule has 3 rings (SSSR count). The minimum absolute atomic E-state index is 0.267. The zero-order chi connectivity index (χ0) is 16.6. The Morgan fingerprint density at radius 3 is 2.91 bits per heavy atom. The van der Waals surface area contributed by atoms with Gasteiger partial charge in [0.1, 0.15) is 11.9 Å². The maximum atomic E-state index is 13.5. The minimum Gasteiger partial charge on any atom is -0.348 e. The monoisotopic (exact) mass is 358 g/mol. The number of halogens is 1. The molecule has 1 fully saturated rings. The van der Waals surface area contributed by atoms with E-state index < -0.39 is 16.1 Å². The number of fused-ring (bicyclic) bond motifs is 1. The third-order valence-corrected chi connectivity index (χ3v) is 6.67. The summed E-state index contributed by atoms with van der Waals surface area (Å²) in [5, 5.41) is 2.92. The maximum Gasteiger partial charge on any atom is 0.238 e. The van der Waals surface area contributed by atoms with Crippen LogP contribution in [0.4, 0.5) is 4.39 Å². The normalized spacial score (nSPS) is 25.1. The van der Waals surface area contributed by atoms with Crippen molar-refractivity contribution in [2.24, 2.45) is 0 Å². The number of hydrogen-bond acceptors (Lipinski definition) is 4. The number of rotatable bonds is 3. The fraction of sp³-hybridized carbons (Fsp3) is 0.533. The first-order chi connectivity index (χ1) is 10.9. The number of thioether (sulfide) groups is 1. The van der Waals surface area contributed by atoms with E-state index in [4.69, 9.17) is 0 Å². The number of hydrogen-bond donors (Lipinski definition) is 1. The van der Waals surface area contributed by atoms with Crippen LogP contribution in [-0.2, 0) is 14.8 Å². The Kier molecular flexibility index (Phi) is 4.66. The standard InChI is InChI=1S/C15H19FN2O3S2/c1-23(20,21)18-7-2-3-13(18)15(19)17-12-6-8-22-14-5-4-10(16)9-11(12)14/h4-5,9,12-13H,2-3,6-8H2,1H3,(H,17,19). The van der Waals surface area contributed by atoms with Gasteiger partial charge in [-0.3, -0.25) is 4.79 Å². The lowest BCUT2D eigenvalue weighted by molar-refractivity contribution is -0.125. The molecule has 1 saturated heterocycles. The molecule has 5 nitrogen and oxygen atoms in total. The summed E-state index contributed by atoms with van der Waals surface area (Å²) >= 11 is 1.64. The van der Waals surface area contributed by atoms with Crippen molar-refractivity contribution < 1.29 is 17.6 Å². The maximum absolute atomic E-state index is 13.5. The second-order valence-electron chi connectivity index (χ2n) is 5.91. The second kappa shape index (κ2) is 6.41. The number of nitrogens with one attached hydrogen (secondary N) is 1. The molecule has 2 atom stereocenters. The predicted octanol–water partition coefficient (Wildman–Crippen LogP) is 1.90. The Balaban J connectivity index is 1.78. The highest BCUT2D eigenvalue weighted by Gasteiger charge is 2.37. The zero-order valence-corrected chi connectivity index (χ0v) is 14.4. The highest BCUT2D eigenvalue weighted by Crippen LogP contribution is 2.36. The van der Waals surface area contributed by atoms with Crippen molar-refractivity contribution in [3.8, 4) is 0 Å². The van der Waals surface area contributed by atoms with Crippen LogP contribution in [0.1, 0.15) is 30.9 Å². The van der Waals surface area contributed by atoms with E-state index in [1.807, 2.05) is 0 Å². The van der Waals surface area contributed by atoms with E-state index in [1.54, 1.807) is 17.8 Å². The first-order valence-corrected chi connectivity index (χ1v) is 10.4. The Labute approximate surface area is 139 Å². The number of carbonyl (C=O) groups is 1. The summed E-state index contributed by atoms with van der Waals surface area (Å²) < 4.78 is 38.3. The van der Waals surface area contributed by atoms with Gasteiger partial charge in [0.15, 0.2) is 0 Å². The summed E-state index contributed by atoms with van der Waals surface area (Å²) in [4.78, 5) is 13.5. The summed E-state index contributed by atoms with van der Waals surface area (Å²) in [7, 11) is -3.40. The lowest BCUT2D eigenvalue weighted by Crippen LogP contribution is -2.46. The topological polar surface area (TPSA) is 66.5 Å². The lowest BCUT2D eigenvalue weighted by atomic mass is 10.0. The smallest absolute Gasteiger partial charge is 0.238 e. The number of benzene rings is 1. The highest BCUT2D eigenvalue weighted by molar-refractivity contribution is 7.99. The van der Waals surface area contributed by atoms with Crippen LogP contribution < -0.4 is 5.32 Å². The summed E-state index contributed by atoms with van der Waals surface area (Å²) in [6.45, 7) is 0.378. The summed E-state index contributed by atoms with van der Waals surface area (Å²) in [5.41, 5.74) is 0.776. The average molecular weight is 358 g/mol. The van der Waals surface area contributed by atoms with Crippen LogP contribution in [0.25, 0.3) is 0 Å². The van der Waals surface area contributed by atoms with Crippen LogP contribution in [0.15, 0.2) is 23.1 Å². The molecular formula is C15H19FN2O3S2. The van der Waals surface area contributed by atoms with Gasteiger partial charge in [-0.05, 0) is 43.0 Å². The van der Waals surface area contributed by atoms with E-state index in [0.29, 0.717) is 25.8 Å². The van der Waals surface area contributed by atoms with Crippen LogP contribution in [-0.4, -0.2) is 43.2 Å². The Morgan fingerprint density at radius 1 is 1.39 bits per heavy atom. The van der Waals surface area contributed by atoms with Gasteiger partial charge in [-0.25, -0.2) is 12.8 Å². The number of amides is 1. The Hall–Kier alpha value is -1.12.